The Hall–Kier alpha value is -3.07. The molecular formula is C21H17NO2. The number of esters is 1. The molecule has 0 amide bonds. The van der Waals surface area contributed by atoms with Gasteiger partial charge < -0.3 is 9.30 Å². The molecule has 1 aromatic heterocycles. The molecular weight excluding hydrogens is 298 g/mol. The molecule has 4 rings (SSSR count). The molecule has 0 aliphatic heterocycles. The first-order valence-electron chi connectivity index (χ1n) is 7.97. The van der Waals surface area contributed by atoms with E-state index in [1.807, 2.05) is 12.1 Å². The normalized spacial score (nSPS) is 11.2. The molecule has 0 N–H and O–H groups in total. The molecule has 0 radical (unpaired) electrons. The molecule has 1 heterocycles. The number of carbonyl (C=O) groups is 1. The predicted octanol–water partition coefficient (Wildman–Crippen LogP) is 4.68. The number of rotatable bonds is 4. The third-order valence-corrected chi connectivity index (χ3v) is 4.38. The Morgan fingerprint density at radius 1 is 0.958 bits per heavy atom. The number of aromatic nitrogens is 1. The minimum Gasteiger partial charge on any atom is -0.461 e. The van der Waals surface area contributed by atoms with Crippen LogP contribution in [0.1, 0.15) is 0 Å². The number of carbonyl (C=O) groups excluding carboxylic acids is 1. The summed E-state index contributed by atoms with van der Waals surface area (Å²) in [5, 5.41) is 4.85. The molecule has 0 unspecified atom stereocenters. The predicted molar refractivity (Wildman–Crippen MR) is 98.1 cm³/mol. The maximum Gasteiger partial charge on any atom is 0.330 e. The van der Waals surface area contributed by atoms with E-state index in [0.29, 0.717) is 13.2 Å². The number of nitrogens with zero attached hydrogens (tertiary/aromatic N) is 1. The Morgan fingerprint density at radius 3 is 2.54 bits per heavy atom. The maximum absolute atomic E-state index is 11.3. The lowest BCUT2D eigenvalue weighted by molar-refractivity contribution is -0.137. The third kappa shape index (κ3) is 2.26. The lowest BCUT2D eigenvalue weighted by Crippen LogP contribution is -2.09. The minimum absolute atomic E-state index is 0.321. The Kier molecular flexibility index (Phi) is 3.54. The summed E-state index contributed by atoms with van der Waals surface area (Å²) in [5.41, 5.74) is 2.34. The highest BCUT2D eigenvalue weighted by molar-refractivity contribution is 6.17. The van der Waals surface area contributed by atoms with Crippen LogP contribution in [-0.4, -0.2) is 17.1 Å². The van der Waals surface area contributed by atoms with Crippen molar-refractivity contribution in [1.82, 2.24) is 4.57 Å². The lowest BCUT2D eigenvalue weighted by atomic mass is 10.1. The number of ether oxygens (including phenoxy) is 1. The molecule has 0 saturated carbocycles. The lowest BCUT2D eigenvalue weighted by Gasteiger charge is -2.09. The number of benzene rings is 3. The van der Waals surface area contributed by atoms with Crippen molar-refractivity contribution in [3.63, 3.8) is 0 Å². The summed E-state index contributed by atoms with van der Waals surface area (Å²) < 4.78 is 7.44. The van der Waals surface area contributed by atoms with Gasteiger partial charge in [-0.3, -0.25) is 0 Å². The van der Waals surface area contributed by atoms with Gasteiger partial charge in [-0.2, -0.15) is 0 Å². The van der Waals surface area contributed by atoms with Crippen LogP contribution in [0, 0.1) is 0 Å². The van der Waals surface area contributed by atoms with Crippen LogP contribution in [0.2, 0.25) is 0 Å². The van der Waals surface area contributed by atoms with Gasteiger partial charge in [-0.15, -0.1) is 0 Å². The molecule has 0 bridgehead atoms. The largest absolute Gasteiger partial charge is 0.461 e. The van der Waals surface area contributed by atoms with Gasteiger partial charge in [0.2, 0.25) is 0 Å². The van der Waals surface area contributed by atoms with Gasteiger partial charge in [-0.1, -0.05) is 61.2 Å². The zero-order valence-electron chi connectivity index (χ0n) is 13.2. The fourth-order valence-electron chi connectivity index (χ4n) is 3.35. The Bertz CT molecular complexity index is 1080. The van der Waals surface area contributed by atoms with Crippen molar-refractivity contribution in [3.05, 3.63) is 73.3 Å². The third-order valence-electron chi connectivity index (χ3n) is 4.38. The molecule has 0 aliphatic carbocycles. The summed E-state index contributed by atoms with van der Waals surface area (Å²) in [6.45, 7) is 4.37. The van der Waals surface area contributed by atoms with Gasteiger partial charge in [0.1, 0.15) is 6.61 Å². The van der Waals surface area contributed by atoms with E-state index in [0.717, 1.165) is 5.52 Å². The van der Waals surface area contributed by atoms with Crippen LogP contribution in [0.5, 0.6) is 0 Å². The van der Waals surface area contributed by atoms with Gasteiger partial charge >= 0.3 is 5.97 Å². The molecule has 4 aromatic rings. The fraction of sp³-hybridized carbons (Fsp3) is 0.0952. The van der Waals surface area contributed by atoms with E-state index in [-0.39, 0.29) is 5.97 Å². The summed E-state index contributed by atoms with van der Waals surface area (Å²) >= 11 is 0. The minimum atomic E-state index is -0.388. The molecule has 24 heavy (non-hydrogen) atoms. The number of hydrogen-bond donors (Lipinski definition) is 0. The van der Waals surface area contributed by atoms with Crippen LogP contribution in [0.25, 0.3) is 32.6 Å². The first-order valence-corrected chi connectivity index (χ1v) is 7.97. The second-order valence-corrected chi connectivity index (χ2v) is 5.72. The first-order chi connectivity index (χ1) is 11.8. The van der Waals surface area contributed by atoms with E-state index in [9.17, 15) is 4.79 Å². The standard InChI is InChI=1S/C21H17NO2/c1-2-20(23)24-14-13-22-19-10-6-5-9-17(19)18-12-11-15-7-3-4-8-16(15)21(18)22/h2-12H,1,13-14H2. The van der Waals surface area contributed by atoms with Crippen molar-refractivity contribution in [1.29, 1.82) is 0 Å². The number of hydrogen-bond acceptors (Lipinski definition) is 2. The molecule has 0 fully saturated rings. The average Bonchev–Trinajstić information content (AvgIpc) is 2.96. The van der Waals surface area contributed by atoms with E-state index in [1.165, 1.54) is 33.1 Å². The van der Waals surface area contributed by atoms with Crippen LogP contribution < -0.4 is 0 Å². The monoisotopic (exact) mass is 315 g/mol. The molecule has 0 aliphatic rings. The Balaban J connectivity index is 1.95. The van der Waals surface area contributed by atoms with Crippen LogP contribution in [-0.2, 0) is 16.1 Å². The Morgan fingerprint density at radius 2 is 1.71 bits per heavy atom. The van der Waals surface area contributed by atoms with Gasteiger partial charge in [-0.05, 0) is 11.5 Å². The Labute approximate surface area is 139 Å². The quantitative estimate of drug-likeness (QED) is 0.404. The number of para-hydroxylation sites is 1. The fourth-order valence-corrected chi connectivity index (χ4v) is 3.35. The van der Waals surface area contributed by atoms with E-state index in [1.54, 1.807) is 0 Å². The average molecular weight is 315 g/mol. The molecule has 3 heteroatoms. The van der Waals surface area contributed by atoms with Gasteiger partial charge in [0.15, 0.2) is 0 Å². The smallest absolute Gasteiger partial charge is 0.330 e. The zero-order valence-corrected chi connectivity index (χ0v) is 13.2. The summed E-state index contributed by atoms with van der Waals surface area (Å²) in [4.78, 5) is 11.3. The van der Waals surface area contributed by atoms with Gasteiger partial charge in [0, 0.05) is 27.8 Å². The van der Waals surface area contributed by atoms with E-state index >= 15 is 0 Å². The van der Waals surface area contributed by atoms with Crippen molar-refractivity contribution in [2.24, 2.45) is 0 Å². The summed E-state index contributed by atoms with van der Waals surface area (Å²) in [6.07, 6.45) is 1.20. The zero-order chi connectivity index (χ0) is 16.5. The van der Waals surface area contributed by atoms with Crippen LogP contribution in [0.3, 0.4) is 0 Å². The highest BCUT2D eigenvalue weighted by Crippen LogP contribution is 2.33. The topological polar surface area (TPSA) is 31.2 Å². The highest BCUT2D eigenvalue weighted by atomic mass is 16.5. The van der Waals surface area contributed by atoms with Crippen molar-refractivity contribution in [2.75, 3.05) is 6.61 Å². The molecule has 0 spiro atoms. The SMILES string of the molecule is C=CC(=O)OCCn1c2ccccc2c2ccc3ccccc3c21. The molecule has 0 atom stereocenters. The van der Waals surface area contributed by atoms with Crippen LogP contribution >= 0.6 is 0 Å². The molecule has 0 saturated heterocycles. The summed E-state index contributed by atoms with van der Waals surface area (Å²) in [7, 11) is 0. The van der Waals surface area contributed by atoms with E-state index < -0.39 is 0 Å². The van der Waals surface area contributed by atoms with E-state index in [2.05, 4.69) is 59.7 Å². The second kappa shape index (κ2) is 5.85. The van der Waals surface area contributed by atoms with Crippen molar-refractivity contribution < 1.29 is 9.53 Å². The van der Waals surface area contributed by atoms with E-state index in [4.69, 9.17) is 4.74 Å². The van der Waals surface area contributed by atoms with Crippen LogP contribution in [0.15, 0.2) is 73.3 Å². The van der Waals surface area contributed by atoms with Crippen LogP contribution in [0.4, 0.5) is 0 Å². The second-order valence-electron chi connectivity index (χ2n) is 5.72. The molecule has 3 aromatic carbocycles. The van der Waals surface area contributed by atoms with Crippen molar-refractivity contribution in [3.8, 4) is 0 Å². The van der Waals surface area contributed by atoms with Gasteiger partial charge in [0.25, 0.3) is 0 Å². The van der Waals surface area contributed by atoms with Gasteiger partial charge in [0.05, 0.1) is 12.1 Å². The number of fused-ring (bicyclic) bond motifs is 5. The molecule has 118 valence electrons. The maximum atomic E-state index is 11.3. The first kappa shape index (κ1) is 14.5. The summed E-state index contributed by atoms with van der Waals surface area (Å²) in [6, 6.07) is 21.0. The summed E-state index contributed by atoms with van der Waals surface area (Å²) in [5.74, 6) is -0.388. The van der Waals surface area contributed by atoms with Gasteiger partial charge in [-0.25, -0.2) is 4.79 Å². The van der Waals surface area contributed by atoms with Crippen molar-refractivity contribution >= 4 is 38.5 Å². The molecule has 3 nitrogen and oxygen atoms in total. The highest BCUT2D eigenvalue weighted by Gasteiger charge is 2.13. The van der Waals surface area contributed by atoms with Crippen molar-refractivity contribution in [2.45, 2.75) is 6.54 Å².